The molecular formula is C27H27F7N4O3. The van der Waals surface area contributed by atoms with Crippen molar-refractivity contribution in [2.75, 3.05) is 20.2 Å². The van der Waals surface area contributed by atoms with Gasteiger partial charge in [0.05, 0.1) is 7.11 Å². The second-order valence-electron chi connectivity index (χ2n) is 8.86. The monoisotopic (exact) mass is 588 g/mol. The summed E-state index contributed by atoms with van der Waals surface area (Å²) in [7, 11) is 0.882. The predicted molar refractivity (Wildman–Crippen MR) is 136 cm³/mol. The molecule has 3 heterocycles. The first-order chi connectivity index (χ1) is 19.6. The third-order valence-corrected chi connectivity index (χ3v) is 6.12. The van der Waals surface area contributed by atoms with Gasteiger partial charge in [0, 0.05) is 49.4 Å². The lowest BCUT2D eigenvalue weighted by molar-refractivity contribution is -0.133. The number of hydrogen-bond donors (Lipinski definition) is 2. The minimum Gasteiger partial charge on any atom is -0.465 e. The van der Waals surface area contributed by atoms with Crippen LogP contribution in [0.1, 0.15) is 31.2 Å². The van der Waals surface area contributed by atoms with Gasteiger partial charge in [0.25, 0.3) is 11.6 Å². The number of benzene rings is 2. The molecule has 7 nitrogen and oxygen atoms in total. The zero-order chi connectivity index (χ0) is 30.1. The maximum absolute atomic E-state index is 14.2. The Morgan fingerprint density at radius 3 is 1.83 bits per heavy atom. The van der Waals surface area contributed by atoms with Crippen molar-refractivity contribution < 1.29 is 40.3 Å². The Morgan fingerprint density at radius 2 is 1.37 bits per heavy atom. The van der Waals surface area contributed by atoms with Crippen LogP contribution < -0.4 is 16.4 Å². The summed E-state index contributed by atoms with van der Waals surface area (Å²) in [4.78, 5) is 23.1. The fourth-order valence-corrected chi connectivity index (χ4v) is 4.13. The minimum absolute atomic E-state index is 0.196. The zero-order valence-electron chi connectivity index (χ0n) is 21.9. The van der Waals surface area contributed by atoms with Crippen LogP contribution in [0.3, 0.4) is 0 Å². The molecule has 0 bridgehead atoms. The van der Waals surface area contributed by atoms with E-state index in [9.17, 15) is 40.3 Å². The highest BCUT2D eigenvalue weighted by Gasteiger charge is 2.25. The number of esters is 1. The summed E-state index contributed by atoms with van der Waals surface area (Å²) in [5.41, 5.74) is 3.08. The molecule has 2 N–H and O–H groups in total. The van der Waals surface area contributed by atoms with E-state index < -0.39 is 58.0 Å². The summed E-state index contributed by atoms with van der Waals surface area (Å²) in [5.74, 6) is -6.01. The minimum atomic E-state index is -2.39. The van der Waals surface area contributed by atoms with Crippen molar-refractivity contribution in [3.63, 3.8) is 0 Å². The van der Waals surface area contributed by atoms with Crippen LogP contribution in [0.25, 0.3) is 16.7 Å². The van der Waals surface area contributed by atoms with Crippen molar-refractivity contribution in [3.05, 3.63) is 87.6 Å². The molecule has 0 radical (unpaired) electrons. The van der Waals surface area contributed by atoms with Crippen LogP contribution in [0.2, 0.25) is 0 Å². The van der Waals surface area contributed by atoms with Crippen molar-refractivity contribution in [3.8, 4) is 11.1 Å². The van der Waals surface area contributed by atoms with Crippen molar-refractivity contribution in [1.29, 1.82) is 0 Å². The van der Waals surface area contributed by atoms with E-state index >= 15 is 0 Å². The van der Waals surface area contributed by atoms with Crippen molar-refractivity contribution >= 4 is 11.5 Å². The molecule has 0 aliphatic carbocycles. The summed E-state index contributed by atoms with van der Waals surface area (Å²) >= 11 is 0. The molecule has 0 amide bonds. The lowest BCUT2D eigenvalue weighted by Gasteiger charge is -2.16. The largest absolute Gasteiger partial charge is 0.465 e. The smallest absolute Gasteiger partial charge is 0.344 e. The van der Waals surface area contributed by atoms with Crippen LogP contribution in [0.5, 0.6) is 0 Å². The Hall–Kier alpha value is -3.91. The molecule has 1 fully saturated rings. The quantitative estimate of drug-likeness (QED) is 0.252. The Labute approximate surface area is 230 Å². The zero-order valence-corrected chi connectivity index (χ0v) is 21.9. The number of carbonyl (C=O) groups is 1. The number of nitrogens with one attached hydrogen (secondary N) is 2. The summed E-state index contributed by atoms with van der Waals surface area (Å²) < 4.78 is 97.9. The van der Waals surface area contributed by atoms with E-state index in [4.69, 9.17) is 0 Å². The fourth-order valence-electron chi connectivity index (χ4n) is 4.13. The molecule has 1 saturated heterocycles. The third-order valence-electron chi connectivity index (χ3n) is 6.12. The van der Waals surface area contributed by atoms with Gasteiger partial charge >= 0.3 is 5.97 Å². The van der Waals surface area contributed by atoms with E-state index in [1.54, 1.807) is 0 Å². The molecule has 2 aliphatic rings. The second kappa shape index (κ2) is 14.6. The van der Waals surface area contributed by atoms with Crippen molar-refractivity contribution in [2.45, 2.75) is 38.8 Å². The number of halogens is 7. The van der Waals surface area contributed by atoms with E-state index in [1.165, 1.54) is 22.2 Å². The first kappa shape index (κ1) is 31.6. The average molecular weight is 589 g/mol. The van der Waals surface area contributed by atoms with Gasteiger partial charge in [0.15, 0.2) is 0 Å². The third kappa shape index (κ3) is 7.85. The molecule has 0 spiro atoms. The van der Waals surface area contributed by atoms with Crippen molar-refractivity contribution in [1.82, 2.24) is 20.2 Å². The number of methoxy groups -OCH3 is 1. The molecule has 2 aromatic carbocycles. The Morgan fingerprint density at radius 1 is 0.805 bits per heavy atom. The normalized spacial score (nSPS) is 14.0. The number of ether oxygens (including phenoxy) is 1. The van der Waals surface area contributed by atoms with Crippen LogP contribution in [-0.4, -0.2) is 35.5 Å². The number of hydrazine groups is 1. The number of nitrogens with zero attached hydrogens (tertiary/aromatic N) is 2. The van der Waals surface area contributed by atoms with Gasteiger partial charge in [0.2, 0.25) is 5.95 Å². The predicted octanol–water partition coefficient (Wildman–Crippen LogP) is 5.15. The molecule has 5 rings (SSSR count). The fraction of sp³-hybridized carbons (Fsp3) is 0.333. The molecule has 2 aliphatic heterocycles. The standard InChI is InChI=1S/C13H11F3N2O.C10H6F4O2.C4H10N2/c14-8-3-4-9(10(15)7-8)11-12(16)17-5-1-2-6-18(17)13(11)19;1-16-10(15)8(9(13)14)6-3-2-5(11)4-7(6)12;1-2-4-6-5-3-1/h3-4,7H,1-2,5-6H2;2-4H,1H3;5-6H,1-4H2. The number of rotatable bonds is 3. The highest BCUT2D eigenvalue weighted by atomic mass is 19.3. The number of fused-ring (bicyclic) bond motifs is 1. The maximum Gasteiger partial charge on any atom is 0.344 e. The first-order valence-corrected chi connectivity index (χ1v) is 12.6. The van der Waals surface area contributed by atoms with Crippen LogP contribution in [0.4, 0.5) is 30.7 Å². The Balaban J connectivity index is 0.000000190. The van der Waals surface area contributed by atoms with Crippen LogP contribution in [0, 0.1) is 29.2 Å². The highest BCUT2D eigenvalue weighted by Crippen LogP contribution is 2.26. The van der Waals surface area contributed by atoms with Crippen LogP contribution in [0.15, 0.2) is 47.3 Å². The highest BCUT2D eigenvalue weighted by molar-refractivity contribution is 6.16. The van der Waals surface area contributed by atoms with Gasteiger partial charge < -0.3 is 4.74 Å². The SMILES string of the molecule is C1CCNNC1.COC(=O)C(=C(F)F)c1ccc(F)cc1F.O=c1c(-c2ccc(F)cc2F)c(F)n2n1CCCC2. The number of hydrogen-bond acceptors (Lipinski definition) is 5. The molecule has 41 heavy (non-hydrogen) atoms. The molecule has 1 aromatic heterocycles. The van der Waals surface area contributed by atoms with Crippen molar-refractivity contribution in [2.24, 2.45) is 0 Å². The number of aromatic nitrogens is 2. The van der Waals surface area contributed by atoms with E-state index in [-0.39, 0.29) is 11.1 Å². The van der Waals surface area contributed by atoms with Gasteiger partial charge in [-0.25, -0.2) is 27.0 Å². The molecule has 222 valence electrons. The number of carbonyl (C=O) groups excluding carboxylic acids is 1. The summed E-state index contributed by atoms with van der Waals surface area (Å²) in [6.07, 6.45) is 1.82. The van der Waals surface area contributed by atoms with Gasteiger partial charge in [-0.1, -0.05) is 0 Å². The second-order valence-corrected chi connectivity index (χ2v) is 8.86. The summed E-state index contributed by atoms with van der Waals surface area (Å²) in [6, 6.07) is 4.67. The van der Waals surface area contributed by atoms with Gasteiger partial charge in [-0.05, 0) is 49.9 Å². The maximum atomic E-state index is 14.2. The molecule has 0 saturated carbocycles. The molecule has 14 heteroatoms. The lowest BCUT2D eigenvalue weighted by atomic mass is 10.1. The topological polar surface area (TPSA) is 77.3 Å². The summed E-state index contributed by atoms with van der Waals surface area (Å²) in [6.45, 7) is 3.09. The van der Waals surface area contributed by atoms with Crippen LogP contribution in [-0.2, 0) is 22.6 Å². The van der Waals surface area contributed by atoms with E-state index in [0.717, 1.165) is 57.3 Å². The van der Waals surface area contributed by atoms with E-state index in [2.05, 4.69) is 15.6 Å². The van der Waals surface area contributed by atoms with Gasteiger partial charge in [0.1, 0.15) is 34.4 Å². The average Bonchev–Trinajstić information content (AvgIpc) is 3.21. The molecule has 0 unspecified atom stereocenters. The lowest BCUT2D eigenvalue weighted by Crippen LogP contribution is -2.37. The molecule has 3 aromatic rings. The van der Waals surface area contributed by atoms with E-state index in [0.29, 0.717) is 25.2 Å². The first-order valence-electron chi connectivity index (χ1n) is 12.6. The molecular weight excluding hydrogens is 561 g/mol. The van der Waals surface area contributed by atoms with Gasteiger partial charge in [-0.3, -0.25) is 20.3 Å². The van der Waals surface area contributed by atoms with Gasteiger partial charge in [-0.15, -0.1) is 0 Å². The van der Waals surface area contributed by atoms with E-state index in [1.807, 2.05) is 0 Å². The Kier molecular flexibility index (Phi) is 11.3. The Bertz CT molecular complexity index is 1450. The summed E-state index contributed by atoms with van der Waals surface area (Å²) in [5, 5.41) is 0. The van der Waals surface area contributed by atoms with Gasteiger partial charge in [-0.2, -0.15) is 13.2 Å². The van der Waals surface area contributed by atoms with Crippen LogP contribution >= 0.6 is 0 Å². The molecule has 0 atom stereocenters.